The summed E-state index contributed by atoms with van der Waals surface area (Å²) < 4.78 is 0. The van der Waals surface area contributed by atoms with Gasteiger partial charge in [0.15, 0.2) is 0 Å². The van der Waals surface area contributed by atoms with Gasteiger partial charge in [-0.1, -0.05) is 18.2 Å². The van der Waals surface area contributed by atoms with Crippen LogP contribution in [0.4, 0.5) is 0 Å². The van der Waals surface area contributed by atoms with Crippen molar-refractivity contribution in [3.8, 4) is 6.07 Å². The Labute approximate surface area is 67.1 Å². The Morgan fingerprint density at radius 3 is 2.00 bits per heavy atom. The summed E-state index contributed by atoms with van der Waals surface area (Å²) in [5.41, 5.74) is 0.715. The van der Waals surface area contributed by atoms with Gasteiger partial charge in [-0.05, 0) is 12.1 Å². The molecule has 0 unspecified atom stereocenters. The van der Waals surface area contributed by atoms with Crippen LogP contribution in [0.3, 0.4) is 0 Å². The predicted octanol–water partition coefficient (Wildman–Crippen LogP) is 1.56. The first-order chi connectivity index (χ1) is 3.93. The van der Waals surface area contributed by atoms with Gasteiger partial charge in [-0.15, -0.1) is 0 Å². The van der Waals surface area contributed by atoms with E-state index < -0.39 is 0 Å². The monoisotopic (exact) mass is 205 g/mol. The third-order valence-corrected chi connectivity index (χ3v) is 0.903. The van der Waals surface area contributed by atoms with Crippen molar-refractivity contribution < 1.29 is 19.5 Å². The molecule has 2 heteroatoms. The number of nitrogens with zero attached hydrogens (tertiary/aromatic N) is 1. The molecule has 1 rings (SSSR count). The second-order valence-corrected chi connectivity index (χ2v) is 1.48. The van der Waals surface area contributed by atoms with Gasteiger partial charge >= 0.3 is 0 Å². The van der Waals surface area contributed by atoms with Gasteiger partial charge in [0.1, 0.15) is 0 Å². The van der Waals surface area contributed by atoms with Crippen molar-refractivity contribution in [1.82, 2.24) is 0 Å². The van der Waals surface area contributed by atoms with Gasteiger partial charge in [0.25, 0.3) is 0 Å². The molecule has 0 atom stereocenters. The smallest absolute Gasteiger partial charge is 0.0991 e. The molecule has 0 N–H and O–H groups in total. The summed E-state index contributed by atoms with van der Waals surface area (Å²) in [6.45, 7) is 0. The van der Waals surface area contributed by atoms with Crippen molar-refractivity contribution in [2.24, 2.45) is 0 Å². The molecule has 0 bridgehead atoms. The van der Waals surface area contributed by atoms with E-state index in [9.17, 15) is 0 Å². The maximum atomic E-state index is 8.29. The topological polar surface area (TPSA) is 23.8 Å². The predicted molar refractivity (Wildman–Crippen MR) is 31.2 cm³/mol. The maximum Gasteiger partial charge on any atom is 0.0991 e. The molecule has 1 aromatic carbocycles. The Balaban J connectivity index is 0.000000640. The Kier molecular flexibility index (Phi) is 3.92. The van der Waals surface area contributed by atoms with Crippen LogP contribution in [0.5, 0.6) is 0 Å². The van der Waals surface area contributed by atoms with Crippen LogP contribution in [0.1, 0.15) is 5.56 Å². The van der Waals surface area contributed by atoms with Crippen LogP contribution in [0.2, 0.25) is 0 Å². The Hall–Kier alpha value is -0.667. The van der Waals surface area contributed by atoms with Crippen molar-refractivity contribution in [1.29, 1.82) is 5.26 Å². The van der Waals surface area contributed by atoms with E-state index in [4.69, 9.17) is 5.26 Å². The third-order valence-electron chi connectivity index (χ3n) is 0.903. The van der Waals surface area contributed by atoms with Crippen LogP contribution in [0.15, 0.2) is 30.3 Å². The van der Waals surface area contributed by atoms with Crippen LogP contribution >= 0.6 is 0 Å². The summed E-state index contributed by atoms with van der Waals surface area (Å²) in [5.74, 6) is 0. The summed E-state index contributed by atoms with van der Waals surface area (Å²) in [7, 11) is 0. The van der Waals surface area contributed by atoms with Crippen LogP contribution in [0, 0.1) is 11.3 Å². The van der Waals surface area contributed by atoms with E-state index >= 15 is 0 Å². The largest absolute Gasteiger partial charge is 0.192 e. The fourth-order valence-corrected chi connectivity index (χ4v) is 0.513. The summed E-state index contributed by atoms with van der Waals surface area (Å²) in [6.07, 6.45) is 0. The van der Waals surface area contributed by atoms with E-state index in [0.717, 1.165) is 0 Å². The zero-order valence-electron chi connectivity index (χ0n) is 4.69. The zero-order chi connectivity index (χ0) is 5.82. The second kappa shape index (κ2) is 4.24. The van der Waals surface area contributed by atoms with Crippen LogP contribution < -0.4 is 0 Å². The first-order valence-corrected chi connectivity index (χ1v) is 2.38. The molecule has 0 spiro atoms. The molecule has 0 saturated heterocycles. The molecule has 9 heavy (non-hydrogen) atoms. The Morgan fingerprint density at radius 1 is 1.11 bits per heavy atom. The molecule has 46 valence electrons. The van der Waals surface area contributed by atoms with Gasteiger partial charge in [-0.25, -0.2) is 0 Å². The molecule has 0 aromatic heterocycles. The molecule has 0 saturated carbocycles. The number of nitriles is 1. The molecule has 0 amide bonds. The van der Waals surface area contributed by atoms with Crippen molar-refractivity contribution in [2.45, 2.75) is 0 Å². The van der Waals surface area contributed by atoms with Gasteiger partial charge in [-0.3, -0.25) is 0 Å². The molecular weight excluding hydrogens is 199 g/mol. The van der Waals surface area contributed by atoms with E-state index in [1.807, 2.05) is 24.3 Å². The molecule has 1 nitrogen and oxygen atoms in total. The molecular formula is C7H5NRu. The molecule has 0 radical (unpaired) electrons. The normalized spacial score (nSPS) is 7.00. The fourth-order valence-electron chi connectivity index (χ4n) is 0.513. The standard InChI is InChI=1S/C7H5N.Ru/c8-6-7-4-2-1-3-5-7;/h1-5H;. The van der Waals surface area contributed by atoms with Crippen LogP contribution in [0.25, 0.3) is 0 Å². The minimum atomic E-state index is 0. The first-order valence-electron chi connectivity index (χ1n) is 2.38. The molecule has 1 aromatic rings. The van der Waals surface area contributed by atoms with Gasteiger partial charge in [-0.2, -0.15) is 5.26 Å². The second-order valence-electron chi connectivity index (χ2n) is 1.48. The van der Waals surface area contributed by atoms with Crippen molar-refractivity contribution >= 4 is 0 Å². The molecule has 0 aliphatic rings. The van der Waals surface area contributed by atoms with E-state index in [-0.39, 0.29) is 19.5 Å². The van der Waals surface area contributed by atoms with E-state index in [2.05, 4.69) is 0 Å². The Bertz CT molecular complexity index is 200. The van der Waals surface area contributed by atoms with Crippen LogP contribution in [-0.2, 0) is 19.5 Å². The molecule has 0 fully saturated rings. The minimum absolute atomic E-state index is 0. The SMILES string of the molecule is N#Cc1ccccc1.[Ru]. The molecule has 0 aliphatic heterocycles. The van der Waals surface area contributed by atoms with Gasteiger partial charge < -0.3 is 0 Å². The van der Waals surface area contributed by atoms with E-state index in [0.29, 0.717) is 5.56 Å². The summed E-state index contributed by atoms with van der Waals surface area (Å²) in [5, 5.41) is 8.29. The van der Waals surface area contributed by atoms with Gasteiger partial charge in [0, 0.05) is 19.5 Å². The minimum Gasteiger partial charge on any atom is -0.192 e. The van der Waals surface area contributed by atoms with Gasteiger partial charge in [0.05, 0.1) is 11.6 Å². The maximum absolute atomic E-state index is 8.29. The first kappa shape index (κ1) is 8.33. The van der Waals surface area contributed by atoms with Gasteiger partial charge in [0.2, 0.25) is 0 Å². The summed E-state index contributed by atoms with van der Waals surface area (Å²) in [6, 6.07) is 11.2. The van der Waals surface area contributed by atoms with E-state index in [1.165, 1.54) is 0 Å². The average Bonchev–Trinajstić information content (AvgIpc) is 1.90. The fraction of sp³-hybridized carbons (Fsp3) is 0. The molecule has 0 heterocycles. The van der Waals surface area contributed by atoms with Crippen molar-refractivity contribution in [2.75, 3.05) is 0 Å². The van der Waals surface area contributed by atoms with E-state index in [1.54, 1.807) is 12.1 Å². The third kappa shape index (κ3) is 2.39. The zero-order valence-corrected chi connectivity index (χ0v) is 6.43. The number of benzene rings is 1. The molecule has 0 aliphatic carbocycles. The van der Waals surface area contributed by atoms with Crippen LogP contribution in [-0.4, -0.2) is 0 Å². The Morgan fingerprint density at radius 2 is 1.67 bits per heavy atom. The summed E-state index contributed by atoms with van der Waals surface area (Å²) >= 11 is 0. The average molecular weight is 204 g/mol. The number of hydrogen-bond donors (Lipinski definition) is 0. The van der Waals surface area contributed by atoms with Crippen molar-refractivity contribution in [3.05, 3.63) is 35.9 Å². The number of rotatable bonds is 0. The summed E-state index contributed by atoms with van der Waals surface area (Å²) in [4.78, 5) is 0. The quantitative estimate of drug-likeness (QED) is 0.588. The number of hydrogen-bond acceptors (Lipinski definition) is 1. The van der Waals surface area contributed by atoms with Crippen molar-refractivity contribution in [3.63, 3.8) is 0 Å².